The van der Waals surface area contributed by atoms with Crippen LogP contribution in [0, 0.1) is 18.3 Å². The van der Waals surface area contributed by atoms with Gasteiger partial charge in [0.25, 0.3) is 5.91 Å². The van der Waals surface area contributed by atoms with Crippen molar-refractivity contribution in [3.05, 3.63) is 40.7 Å². The van der Waals surface area contributed by atoms with Crippen molar-refractivity contribution in [2.24, 2.45) is 11.3 Å². The number of carboxylic acid groups (broad SMARTS) is 1. The molecular weight excluding hydrogens is 530 g/mol. The SMILES string of the molecule is CCn1nc(CCCCOC(=O)C2CCOCC2)c2c1C(=O)NCC1(CCOCC1)C2.Cc1ncc(C(=O)O)cn1. The molecule has 0 aliphatic carbocycles. The molecule has 2 aromatic heterocycles. The van der Waals surface area contributed by atoms with E-state index >= 15 is 0 Å². The lowest BCUT2D eigenvalue weighted by Crippen LogP contribution is -2.40. The number of aromatic nitrogens is 4. The van der Waals surface area contributed by atoms with E-state index in [1.807, 2.05) is 11.6 Å². The first-order chi connectivity index (χ1) is 19.8. The predicted molar refractivity (Wildman–Crippen MR) is 148 cm³/mol. The number of amides is 1. The van der Waals surface area contributed by atoms with Gasteiger partial charge in [-0.2, -0.15) is 5.10 Å². The third kappa shape index (κ3) is 8.10. The van der Waals surface area contributed by atoms with Gasteiger partial charge in [0.05, 0.1) is 23.8 Å². The number of ether oxygens (including phenoxy) is 3. The van der Waals surface area contributed by atoms with Gasteiger partial charge in [0.2, 0.25) is 0 Å². The molecule has 2 N–H and O–H groups in total. The zero-order valence-corrected chi connectivity index (χ0v) is 24.0. The van der Waals surface area contributed by atoms with Crippen molar-refractivity contribution in [1.29, 1.82) is 0 Å². The van der Waals surface area contributed by atoms with Crippen molar-refractivity contribution in [1.82, 2.24) is 25.1 Å². The van der Waals surface area contributed by atoms with Crippen molar-refractivity contribution in [3.8, 4) is 0 Å². The minimum absolute atomic E-state index is 0.00985. The standard InChI is InChI=1S/C23H35N3O5.C6H6N2O2/c1-2-26-20-18(15-23(16-24-21(20)27)8-13-30-14-9-23)19(25-26)5-3-4-10-31-22(28)17-6-11-29-12-7-17;1-4-7-2-5(3-8-4)6(9)10/h17H,2-16H2,1H3,(H,24,27);2-3H,1H3,(H,9,10). The molecule has 0 atom stereocenters. The normalized spacial score (nSPS) is 18.4. The molecule has 3 aliphatic rings. The van der Waals surface area contributed by atoms with Gasteiger partial charge in [-0.05, 0) is 70.6 Å². The number of rotatable bonds is 8. The maximum Gasteiger partial charge on any atom is 0.338 e. The van der Waals surface area contributed by atoms with Crippen molar-refractivity contribution >= 4 is 17.8 Å². The Morgan fingerprint density at radius 2 is 1.80 bits per heavy atom. The van der Waals surface area contributed by atoms with Crippen LogP contribution >= 0.6 is 0 Å². The lowest BCUT2D eigenvalue weighted by atomic mass is 9.75. The number of carboxylic acids is 1. The number of carbonyl (C=O) groups is 3. The van der Waals surface area contributed by atoms with Gasteiger partial charge < -0.3 is 24.6 Å². The second-order valence-electron chi connectivity index (χ2n) is 10.9. The maximum atomic E-state index is 12.9. The van der Waals surface area contributed by atoms with Crippen molar-refractivity contribution in [2.45, 2.75) is 71.8 Å². The summed E-state index contributed by atoms with van der Waals surface area (Å²) >= 11 is 0. The molecule has 2 fully saturated rings. The number of aryl methyl sites for hydroxylation is 3. The topological polar surface area (TPSA) is 155 Å². The smallest absolute Gasteiger partial charge is 0.338 e. The van der Waals surface area contributed by atoms with E-state index in [-0.39, 0.29) is 28.8 Å². The Labute approximate surface area is 240 Å². The first-order valence-electron chi connectivity index (χ1n) is 14.5. The van der Waals surface area contributed by atoms with Crippen LogP contribution in [0.25, 0.3) is 0 Å². The quantitative estimate of drug-likeness (QED) is 0.357. The molecule has 5 heterocycles. The van der Waals surface area contributed by atoms with E-state index < -0.39 is 5.97 Å². The van der Waals surface area contributed by atoms with Gasteiger partial charge in [-0.25, -0.2) is 14.8 Å². The molecule has 41 heavy (non-hydrogen) atoms. The Morgan fingerprint density at radius 1 is 1.12 bits per heavy atom. The van der Waals surface area contributed by atoms with E-state index in [1.165, 1.54) is 12.4 Å². The van der Waals surface area contributed by atoms with Crippen molar-refractivity contribution in [2.75, 3.05) is 39.6 Å². The number of aromatic carboxylic acids is 1. The van der Waals surface area contributed by atoms with Gasteiger partial charge in [0, 0.05) is 57.5 Å². The minimum Gasteiger partial charge on any atom is -0.478 e. The number of hydrogen-bond donors (Lipinski definition) is 2. The van der Waals surface area contributed by atoms with Crippen molar-refractivity contribution < 1.29 is 33.7 Å². The van der Waals surface area contributed by atoms with Crippen LogP contribution in [0.1, 0.15) is 83.4 Å². The highest BCUT2D eigenvalue weighted by Gasteiger charge is 2.39. The molecule has 5 rings (SSSR count). The average molecular weight is 572 g/mol. The Balaban J connectivity index is 0.000000328. The molecule has 224 valence electrons. The fourth-order valence-electron chi connectivity index (χ4n) is 5.49. The number of unbranched alkanes of at least 4 members (excludes halogenated alkanes) is 1. The zero-order valence-electron chi connectivity index (χ0n) is 24.0. The van der Waals surface area contributed by atoms with Crippen molar-refractivity contribution in [3.63, 3.8) is 0 Å². The van der Waals surface area contributed by atoms with Crippen LogP contribution in [0.3, 0.4) is 0 Å². The molecule has 2 saturated heterocycles. The fourth-order valence-corrected chi connectivity index (χ4v) is 5.49. The summed E-state index contributed by atoms with van der Waals surface area (Å²) in [5.74, 6) is -0.543. The van der Waals surface area contributed by atoms with E-state index in [4.69, 9.17) is 24.4 Å². The third-order valence-corrected chi connectivity index (χ3v) is 8.01. The van der Waals surface area contributed by atoms with Gasteiger partial charge in [0.1, 0.15) is 11.5 Å². The van der Waals surface area contributed by atoms with E-state index in [0.29, 0.717) is 38.7 Å². The largest absolute Gasteiger partial charge is 0.478 e. The maximum absolute atomic E-state index is 12.9. The fraction of sp³-hybridized carbons (Fsp3) is 0.655. The summed E-state index contributed by atoms with van der Waals surface area (Å²) < 4.78 is 18.2. The molecule has 2 aromatic rings. The molecular formula is C29H41N5O7. The van der Waals surface area contributed by atoms with Gasteiger partial charge in [-0.3, -0.25) is 14.3 Å². The van der Waals surface area contributed by atoms with Crippen LogP contribution in [0.15, 0.2) is 12.4 Å². The molecule has 0 aromatic carbocycles. The lowest BCUT2D eigenvalue weighted by molar-refractivity contribution is -0.151. The van der Waals surface area contributed by atoms with E-state index in [9.17, 15) is 14.4 Å². The molecule has 0 saturated carbocycles. The Morgan fingerprint density at radius 3 is 2.46 bits per heavy atom. The molecule has 0 unspecified atom stereocenters. The summed E-state index contributed by atoms with van der Waals surface area (Å²) in [7, 11) is 0. The monoisotopic (exact) mass is 571 g/mol. The summed E-state index contributed by atoms with van der Waals surface area (Å²) in [4.78, 5) is 42.7. The molecule has 0 radical (unpaired) electrons. The van der Waals surface area contributed by atoms with Crippen LogP contribution in [0.4, 0.5) is 0 Å². The number of hydrogen-bond acceptors (Lipinski definition) is 9. The molecule has 1 amide bonds. The zero-order chi connectivity index (χ0) is 29.2. The van der Waals surface area contributed by atoms with Crippen LogP contribution in [-0.4, -0.2) is 82.3 Å². The van der Waals surface area contributed by atoms with Gasteiger partial charge in [-0.1, -0.05) is 0 Å². The first-order valence-corrected chi connectivity index (χ1v) is 14.5. The summed E-state index contributed by atoms with van der Waals surface area (Å²) in [6.45, 7) is 8.33. The predicted octanol–water partition coefficient (Wildman–Crippen LogP) is 2.76. The summed E-state index contributed by atoms with van der Waals surface area (Å²) in [5.41, 5.74) is 3.04. The first kappa shape index (κ1) is 30.6. The highest BCUT2D eigenvalue weighted by atomic mass is 16.5. The van der Waals surface area contributed by atoms with Crippen LogP contribution in [0.5, 0.6) is 0 Å². The second kappa shape index (κ2) is 14.5. The summed E-state index contributed by atoms with van der Waals surface area (Å²) in [6.07, 6.45) is 9.36. The number of esters is 1. The molecule has 1 spiro atoms. The highest BCUT2D eigenvalue weighted by Crippen LogP contribution is 2.38. The van der Waals surface area contributed by atoms with E-state index in [2.05, 4.69) is 15.3 Å². The highest BCUT2D eigenvalue weighted by molar-refractivity contribution is 5.94. The summed E-state index contributed by atoms with van der Waals surface area (Å²) in [6, 6.07) is 0. The van der Waals surface area contributed by atoms with Crippen LogP contribution in [0.2, 0.25) is 0 Å². The third-order valence-electron chi connectivity index (χ3n) is 8.01. The van der Waals surface area contributed by atoms with Gasteiger partial charge in [-0.15, -0.1) is 0 Å². The van der Waals surface area contributed by atoms with Gasteiger partial charge >= 0.3 is 11.9 Å². The molecule has 12 nitrogen and oxygen atoms in total. The number of nitrogens with zero attached hydrogens (tertiary/aromatic N) is 4. The average Bonchev–Trinajstić information content (AvgIpc) is 3.26. The van der Waals surface area contributed by atoms with Gasteiger partial charge in [0.15, 0.2) is 0 Å². The minimum atomic E-state index is -1.000. The molecule has 0 bridgehead atoms. The van der Waals surface area contributed by atoms with E-state index in [1.54, 1.807) is 6.92 Å². The molecule has 12 heteroatoms. The number of fused-ring (bicyclic) bond motifs is 1. The van der Waals surface area contributed by atoms with Crippen LogP contribution < -0.4 is 5.32 Å². The molecule has 3 aliphatic heterocycles. The number of carbonyl (C=O) groups excluding carboxylic acids is 2. The Hall–Kier alpha value is -3.38. The summed E-state index contributed by atoms with van der Waals surface area (Å²) in [5, 5.41) is 16.3. The van der Waals surface area contributed by atoms with Crippen LogP contribution in [-0.2, 0) is 38.4 Å². The Bertz CT molecular complexity index is 1180. The Kier molecular flexibility index (Phi) is 10.8. The second-order valence-corrected chi connectivity index (χ2v) is 10.9. The number of nitrogens with one attached hydrogen (secondary N) is 1. The van der Waals surface area contributed by atoms with E-state index in [0.717, 1.165) is 81.5 Å². The lowest BCUT2D eigenvalue weighted by Gasteiger charge is -2.36.